The zero-order chi connectivity index (χ0) is 10.2. The number of hydrazone groups is 1. The Morgan fingerprint density at radius 1 is 1.57 bits per heavy atom. The van der Waals surface area contributed by atoms with Gasteiger partial charge in [-0.2, -0.15) is 5.10 Å². The van der Waals surface area contributed by atoms with Crippen LogP contribution < -0.4 is 5.43 Å². The summed E-state index contributed by atoms with van der Waals surface area (Å²) in [6.07, 6.45) is 4.98. The molecular formula is C10H13N3O. The van der Waals surface area contributed by atoms with E-state index in [0.29, 0.717) is 5.82 Å². The summed E-state index contributed by atoms with van der Waals surface area (Å²) < 4.78 is 4.81. The summed E-state index contributed by atoms with van der Waals surface area (Å²) in [6.45, 7) is 1.90. The monoisotopic (exact) mass is 191 g/mol. The smallest absolute Gasteiger partial charge is 0.146 e. The zero-order valence-electron chi connectivity index (χ0n) is 8.27. The number of anilines is 1. The van der Waals surface area contributed by atoms with Crippen LogP contribution in [0.25, 0.3) is 0 Å². The molecule has 0 atom stereocenters. The third-order valence-electron chi connectivity index (χ3n) is 1.42. The van der Waals surface area contributed by atoms with Gasteiger partial charge < -0.3 is 4.74 Å². The second kappa shape index (κ2) is 5.75. The molecule has 0 aromatic carbocycles. The van der Waals surface area contributed by atoms with Gasteiger partial charge in [-0.1, -0.05) is 6.07 Å². The predicted octanol–water partition coefficient (Wildman–Crippen LogP) is 2.03. The van der Waals surface area contributed by atoms with Crippen molar-refractivity contribution < 1.29 is 4.74 Å². The summed E-state index contributed by atoms with van der Waals surface area (Å²) in [6, 6.07) is 5.58. The standard InChI is InChI=1S/C10H13N3O/c1-9(8-14-2)7-12-13-10-5-3-4-6-11-10/h3-8H,1-2H3,(H,11,13)/b9-8+,12-7-. The van der Waals surface area contributed by atoms with E-state index in [0.717, 1.165) is 5.57 Å². The molecule has 0 aliphatic rings. The van der Waals surface area contributed by atoms with E-state index in [1.54, 1.807) is 25.8 Å². The number of nitrogens with zero attached hydrogens (tertiary/aromatic N) is 2. The number of pyridine rings is 1. The highest BCUT2D eigenvalue weighted by atomic mass is 16.5. The Hall–Kier alpha value is -1.84. The fourth-order valence-electron chi connectivity index (χ4n) is 0.845. The van der Waals surface area contributed by atoms with Crippen LogP contribution in [-0.2, 0) is 4.74 Å². The summed E-state index contributed by atoms with van der Waals surface area (Å²) in [4.78, 5) is 4.05. The quantitative estimate of drug-likeness (QED) is 0.450. The molecule has 4 nitrogen and oxygen atoms in total. The van der Waals surface area contributed by atoms with E-state index in [1.165, 1.54) is 0 Å². The van der Waals surface area contributed by atoms with Gasteiger partial charge in [-0.3, -0.25) is 5.43 Å². The lowest BCUT2D eigenvalue weighted by Crippen LogP contribution is -1.92. The van der Waals surface area contributed by atoms with Crippen LogP contribution in [-0.4, -0.2) is 18.3 Å². The number of ether oxygens (including phenoxy) is 1. The Kier molecular flexibility index (Phi) is 4.20. The van der Waals surface area contributed by atoms with E-state index in [9.17, 15) is 0 Å². The average molecular weight is 191 g/mol. The Bertz CT molecular complexity index is 319. The van der Waals surface area contributed by atoms with Crippen molar-refractivity contribution in [1.29, 1.82) is 0 Å². The second-order valence-electron chi connectivity index (χ2n) is 2.68. The maximum atomic E-state index is 4.81. The fraction of sp³-hybridized carbons (Fsp3) is 0.200. The van der Waals surface area contributed by atoms with E-state index >= 15 is 0 Å². The van der Waals surface area contributed by atoms with Crippen LogP contribution in [0.3, 0.4) is 0 Å². The number of hydrogen-bond acceptors (Lipinski definition) is 4. The number of hydrogen-bond donors (Lipinski definition) is 1. The van der Waals surface area contributed by atoms with Gasteiger partial charge in [-0.25, -0.2) is 4.98 Å². The number of rotatable bonds is 4. The van der Waals surface area contributed by atoms with Crippen molar-refractivity contribution in [1.82, 2.24) is 4.98 Å². The van der Waals surface area contributed by atoms with Gasteiger partial charge in [0.05, 0.1) is 19.6 Å². The molecule has 1 N–H and O–H groups in total. The van der Waals surface area contributed by atoms with Gasteiger partial charge in [-0.15, -0.1) is 0 Å². The summed E-state index contributed by atoms with van der Waals surface area (Å²) in [5.74, 6) is 0.717. The molecule has 0 saturated heterocycles. The van der Waals surface area contributed by atoms with Crippen molar-refractivity contribution in [3.63, 3.8) is 0 Å². The fourth-order valence-corrected chi connectivity index (χ4v) is 0.845. The van der Waals surface area contributed by atoms with Crippen molar-refractivity contribution >= 4 is 12.0 Å². The Balaban J connectivity index is 2.45. The predicted molar refractivity (Wildman–Crippen MR) is 57.1 cm³/mol. The summed E-state index contributed by atoms with van der Waals surface area (Å²) in [7, 11) is 1.60. The minimum Gasteiger partial charge on any atom is -0.504 e. The highest BCUT2D eigenvalue weighted by Crippen LogP contribution is 1.99. The Morgan fingerprint density at radius 3 is 3.07 bits per heavy atom. The molecule has 74 valence electrons. The second-order valence-corrected chi connectivity index (χ2v) is 2.68. The van der Waals surface area contributed by atoms with Gasteiger partial charge in [0.15, 0.2) is 0 Å². The molecule has 0 aliphatic heterocycles. The van der Waals surface area contributed by atoms with E-state index in [1.807, 2.05) is 25.1 Å². The molecule has 0 fully saturated rings. The molecule has 0 aliphatic carbocycles. The molecule has 0 radical (unpaired) electrons. The van der Waals surface area contributed by atoms with Crippen molar-refractivity contribution in [3.8, 4) is 0 Å². The van der Waals surface area contributed by atoms with E-state index in [2.05, 4.69) is 15.5 Å². The number of nitrogens with one attached hydrogen (secondary N) is 1. The number of allylic oxidation sites excluding steroid dienone is 1. The third-order valence-corrected chi connectivity index (χ3v) is 1.42. The van der Waals surface area contributed by atoms with Gasteiger partial charge in [0.1, 0.15) is 5.82 Å². The highest BCUT2D eigenvalue weighted by Gasteiger charge is 1.86. The molecule has 1 aromatic heterocycles. The molecule has 1 rings (SSSR count). The van der Waals surface area contributed by atoms with Gasteiger partial charge in [-0.05, 0) is 19.1 Å². The van der Waals surface area contributed by atoms with Crippen LogP contribution in [0.15, 0.2) is 41.3 Å². The minimum absolute atomic E-state index is 0.717. The molecule has 0 unspecified atom stereocenters. The number of methoxy groups -OCH3 is 1. The number of aromatic nitrogens is 1. The average Bonchev–Trinajstić information content (AvgIpc) is 2.20. The van der Waals surface area contributed by atoms with Gasteiger partial charge >= 0.3 is 0 Å². The van der Waals surface area contributed by atoms with E-state index < -0.39 is 0 Å². The van der Waals surface area contributed by atoms with Crippen molar-refractivity contribution in [3.05, 3.63) is 36.2 Å². The first-order valence-electron chi connectivity index (χ1n) is 4.22. The summed E-state index contributed by atoms with van der Waals surface area (Å²) in [5, 5.41) is 3.97. The van der Waals surface area contributed by atoms with Crippen LogP contribution in [0.2, 0.25) is 0 Å². The topological polar surface area (TPSA) is 46.5 Å². The molecule has 0 spiro atoms. The molecular weight excluding hydrogens is 178 g/mol. The lowest BCUT2D eigenvalue weighted by molar-refractivity contribution is 0.336. The lowest BCUT2D eigenvalue weighted by atomic mass is 10.4. The molecule has 14 heavy (non-hydrogen) atoms. The van der Waals surface area contributed by atoms with Crippen molar-refractivity contribution in [2.45, 2.75) is 6.92 Å². The maximum Gasteiger partial charge on any atom is 0.146 e. The first-order valence-corrected chi connectivity index (χ1v) is 4.22. The van der Waals surface area contributed by atoms with Crippen LogP contribution in [0.1, 0.15) is 6.92 Å². The molecule has 0 amide bonds. The minimum atomic E-state index is 0.717. The van der Waals surface area contributed by atoms with Crippen LogP contribution >= 0.6 is 0 Å². The van der Waals surface area contributed by atoms with Crippen LogP contribution in [0.5, 0.6) is 0 Å². The van der Waals surface area contributed by atoms with E-state index in [4.69, 9.17) is 4.74 Å². The van der Waals surface area contributed by atoms with Gasteiger partial charge in [0, 0.05) is 11.8 Å². The normalized spacial score (nSPS) is 11.7. The first kappa shape index (κ1) is 10.2. The SMILES string of the molecule is CO/C=C(C)/C=N\Nc1ccccn1. The van der Waals surface area contributed by atoms with Crippen molar-refractivity contribution in [2.75, 3.05) is 12.5 Å². The third kappa shape index (κ3) is 3.71. The first-order chi connectivity index (χ1) is 6.83. The van der Waals surface area contributed by atoms with Crippen molar-refractivity contribution in [2.24, 2.45) is 5.10 Å². The summed E-state index contributed by atoms with van der Waals surface area (Å²) >= 11 is 0. The Morgan fingerprint density at radius 2 is 2.43 bits per heavy atom. The largest absolute Gasteiger partial charge is 0.504 e. The van der Waals surface area contributed by atoms with E-state index in [-0.39, 0.29) is 0 Å². The zero-order valence-corrected chi connectivity index (χ0v) is 8.27. The highest BCUT2D eigenvalue weighted by molar-refractivity contribution is 5.77. The molecule has 0 saturated carbocycles. The van der Waals surface area contributed by atoms with Gasteiger partial charge in [0.25, 0.3) is 0 Å². The maximum absolute atomic E-state index is 4.81. The Labute approximate surface area is 83.3 Å². The van der Waals surface area contributed by atoms with Crippen LogP contribution in [0, 0.1) is 0 Å². The lowest BCUT2D eigenvalue weighted by Gasteiger charge is -1.96. The molecule has 0 bridgehead atoms. The summed E-state index contributed by atoms with van der Waals surface area (Å²) in [5.41, 5.74) is 3.72. The molecule has 1 heterocycles. The molecule has 4 heteroatoms. The van der Waals surface area contributed by atoms with Gasteiger partial charge in [0.2, 0.25) is 0 Å². The van der Waals surface area contributed by atoms with Crippen LogP contribution in [0.4, 0.5) is 5.82 Å². The molecule has 1 aromatic rings.